The molecule has 92 valence electrons. The van der Waals surface area contributed by atoms with Gasteiger partial charge in [0, 0.05) is 0 Å². The van der Waals surface area contributed by atoms with Gasteiger partial charge in [-0.05, 0) is 30.9 Å². The fraction of sp³-hybridized carbons (Fsp3) is 0.600. The average Bonchev–Trinajstić information content (AvgIpc) is 2.25. The standard InChI is InChI=1S/C15H26O/c1-5-7-8-9-10-11-15(12-14(4)16)13(3)6-2/h12,16H,3-11H2,1-2H3/b15-12-. The van der Waals surface area contributed by atoms with E-state index in [-0.39, 0.29) is 5.76 Å². The van der Waals surface area contributed by atoms with Gasteiger partial charge in [-0.3, -0.25) is 0 Å². The van der Waals surface area contributed by atoms with Crippen molar-refractivity contribution in [1.82, 2.24) is 0 Å². The average molecular weight is 222 g/mol. The van der Waals surface area contributed by atoms with Crippen molar-refractivity contribution in [1.29, 1.82) is 0 Å². The third kappa shape index (κ3) is 7.33. The molecule has 0 aromatic heterocycles. The number of hydrogen-bond acceptors (Lipinski definition) is 1. The number of hydrogen-bond donors (Lipinski definition) is 1. The highest BCUT2D eigenvalue weighted by Gasteiger charge is 2.01. The maximum atomic E-state index is 9.20. The molecule has 0 fully saturated rings. The van der Waals surface area contributed by atoms with Crippen LogP contribution in [0.1, 0.15) is 58.8 Å². The first-order valence-electron chi connectivity index (χ1n) is 6.38. The van der Waals surface area contributed by atoms with Crippen LogP contribution >= 0.6 is 0 Å². The first kappa shape index (κ1) is 15.0. The van der Waals surface area contributed by atoms with Gasteiger partial charge in [0.1, 0.15) is 5.76 Å². The van der Waals surface area contributed by atoms with Gasteiger partial charge in [0.2, 0.25) is 0 Å². The van der Waals surface area contributed by atoms with Crippen molar-refractivity contribution in [3.8, 4) is 0 Å². The molecule has 1 heteroatoms. The maximum Gasteiger partial charge on any atom is 0.108 e. The van der Waals surface area contributed by atoms with E-state index in [1.54, 1.807) is 6.08 Å². The molecule has 0 unspecified atom stereocenters. The van der Waals surface area contributed by atoms with E-state index in [4.69, 9.17) is 0 Å². The van der Waals surface area contributed by atoms with Crippen LogP contribution in [-0.2, 0) is 0 Å². The number of rotatable bonds is 9. The summed E-state index contributed by atoms with van der Waals surface area (Å²) in [5.74, 6) is 0.137. The van der Waals surface area contributed by atoms with Crippen LogP contribution in [0.2, 0.25) is 0 Å². The Morgan fingerprint density at radius 2 is 1.69 bits per heavy atom. The molecule has 16 heavy (non-hydrogen) atoms. The van der Waals surface area contributed by atoms with Crippen LogP contribution in [0.5, 0.6) is 0 Å². The summed E-state index contributed by atoms with van der Waals surface area (Å²) in [5, 5.41) is 9.20. The van der Waals surface area contributed by atoms with Crippen molar-refractivity contribution >= 4 is 0 Å². The molecule has 0 amide bonds. The molecule has 1 nitrogen and oxygen atoms in total. The Bertz CT molecular complexity index is 248. The minimum Gasteiger partial charge on any atom is -0.509 e. The van der Waals surface area contributed by atoms with E-state index in [0.29, 0.717) is 0 Å². The Hall–Kier alpha value is -0.980. The molecular weight excluding hydrogens is 196 g/mol. The lowest BCUT2D eigenvalue weighted by atomic mass is 9.98. The Morgan fingerprint density at radius 3 is 2.19 bits per heavy atom. The van der Waals surface area contributed by atoms with Crippen molar-refractivity contribution in [3.63, 3.8) is 0 Å². The second-order valence-corrected chi connectivity index (χ2v) is 4.28. The van der Waals surface area contributed by atoms with Gasteiger partial charge in [0.05, 0.1) is 0 Å². The molecule has 0 bridgehead atoms. The molecule has 0 saturated heterocycles. The molecule has 0 saturated carbocycles. The SMILES string of the molecule is C=C(O)/C=C(/CCCCCCC)C(=C)CC. The summed E-state index contributed by atoms with van der Waals surface area (Å²) in [6.45, 7) is 11.8. The van der Waals surface area contributed by atoms with E-state index in [0.717, 1.165) is 24.0 Å². The number of aliphatic hydroxyl groups excluding tert-OH is 1. The Labute approximate surface area is 101 Å². The van der Waals surface area contributed by atoms with Gasteiger partial charge < -0.3 is 5.11 Å². The number of aliphatic hydroxyl groups is 1. The smallest absolute Gasteiger partial charge is 0.108 e. The van der Waals surface area contributed by atoms with Crippen LogP contribution in [0.25, 0.3) is 0 Å². The first-order chi connectivity index (χ1) is 7.61. The summed E-state index contributed by atoms with van der Waals surface area (Å²) < 4.78 is 0. The van der Waals surface area contributed by atoms with Crippen molar-refractivity contribution in [2.45, 2.75) is 58.8 Å². The monoisotopic (exact) mass is 222 g/mol. The Kier molecular flexibility index (Phi) is 8.69. The predicted molar refractivity (Wildman–Crippen MR) is 72.7 cm³/mol. The molecule has 0 aliphatic carbocycles. The molecular formula is C15H26O. The van der Waals surface area contributed by atoms with Crippen molar-refractivity contribution in [2.75, 3.05) is 0 Å². The van der Waals surface area contributed by atoms with Crippen LogP contribution < -0.4 is 0 Å². The molecule has 0 heterocycles. The lowest BCUT2D eigenvalue weighted by Crippen LogP contribution is -1.90. The van der Waals surface area contributed by atoms with E-state index in [1.165, 1.54) is 32.1 Å². The van der Waals surface area contributed by atoms with Crippen LogP contribution in [0.4, 0.5) is 0 Å². The molecule has 0 aliphatic rings. The minimum atomic E-state index is 0.137. The van der Waals surface area contributed by atoms with E-state index in [2.05, 4.69) is 27.0 Å². The van der Waals surface area contributed by atoms with Gasteiger partial charge in [-0.15, -0.1) is 0 Å². The zero-order chi connectivity index (χ0) is 12.4. The number of unbranched alkanes of at least 4 members (excludes halogenated alkanes) is 4. The molecule has 0 aromatic rings. The summed E-state index contributed by atoms with van der Waals surface area (Å²) in [4.78, 5) is 0. The normalized spacial score (nSPS) is 11.5. The highest BCUT2D eigenvalue weighted by Crippen LogP contribution is 2.20. The van der Waals surface area contributed by atoms with Gasteiger partial charge in [0.25, 0.3) is 0 Å². The molecule has 0 rings (SSSR count). The fourth-order valence-electron chi connectivity index (χ4n) is 1.70. The molecule has 1 N–H and O–H groups in total. The second kappa shape index (κ2) is 9.26. The third-order valence-corrected chi connectivity index (χ3v) is 2.77. The Morgan fingerprint density at radius 1 is 1.06 bits per heavy atom. The molecule has 0 spiro atoms. The summed E-state index contributed by atoms with van der Waals surface area (Å²) in [5.41, 5.74) is 2.28. The third-order valence-electron chi connectivity index (χ3n) is 2.77. The van der Waals surface area contributed by atoms with Crippen LogP contribution in [0.3, 0.4) is 0 Å². The van der Waals surface area contributed by atoms with Crippen molar-refractivity contribution in [3.05, 3.63) is 36.1 Å². The second-order valence-electron chi connectivity index (χ2n) is 4.28. The minimum absolute atomic E-state index is 0.137. The molecule has 0 radical (unpaired) electrons. The van der Waals surface area contributed by atoms with E-state index in [1.807, 2.05) is 0 Å². The van der Waals surface area contributed by atoms with Gasteiger partial charge >= 0.3 is 0 Å². The van der Waals surface area contributed by atoms with Gasteiger partial charge in [-0.1, -0.05) is 58.3 Å². The summed E-state index contributed by atoms with van der Waals surface area (Å²) in [7, 11) is 0. The van der Waals surface area contributed by atoms with Gasteiger partial charge in [0.15, 0.2) is 0 Å². The van der Waals surface area contributed by atoms with Gasteiger partial charge in [-0.25, -0.2) is 0 Å². The van der Waals surface area contributed by atoms with Gasteiger partial charge in [-0.2, -0.15) is 0 Å². The van der Waals surface area contributed by atoms with Crippen molar-refractivity contribution < 1.29 is 5.11 Å². The molecule has 0 aromatic carbocycles. The van der Waals surface area contributed by atoms with Crippen LogP contribution in [-0.4, -0.2) is 5.11 Å². The van der Waals surface area contributed by atoms with Crippen LogP contribution in [0.15, 0.2) is 36.1 Å². The molecule has 0 atom stereocenters. The topological polar surface area (TPSA) is 20.2 Å². The summed E-state index contributed by atoms with van der Waals surface area (Å²) in [6, 6.07) is 0. The summed E-state index contributed by atoms with van der Waals surface area (Å²) >= 11 is 0. The molecule has 0 aliphatic heterocycles. The zero-order valence-electron chi connectivity index (χ0n) is 10.9. The fourth-order valence-corrected chi connectivity index (χ4v) is 1.70. The van der Waals surface area contributed by atoms with E-state index >= 15 is 0 Å². The Balaban J connectivity index is 4.04. The van der Waals surface area contributed by atoms with E-state index in [9.17, 15) is 5.11 Å². The summed E-state index contributed by atoms with van der Waals surface area (Å²) in [6.07, 6.45) is 10.1. The lowest BCUT2D eigenvalue weighted by Gasteiger charge is -2.09. The predicted octanol–water partition coefficient (Wildman–Crippen LogP) is 5.31. The highest BCUT2D eigenvalue weighted by molar-refractivity contribution is 5.32. The lowest BCUT2D eigenvalue weighted by molar-refractivity contribution is 0.434. The maximum absolute atomic E-state index is 9.20. The first-order valence-corrected chi connectivity index (χ1v) is 6.38. The van der Waals surface area contributed by atoms with Crippen molar-refractivity contribution in [2.24, 2.45) is 0 Å². The largest absolute Gasteiger partial charge is 0.509 e. The highest BCUT2D eigenvalue weighted by atomic mass is 16.3. The van der Waals surface area contributed by atoms with E-state index < -0.39 is 0 Å². The number of allylic oxidation sites excluding steroid dienone is 3. The quantitative estimate of drug-likeness (QED) is 0.318. The van der Waals surface area contributed by atoms with Crippen LogP contribution in [0, 0.1) is 0 Å². The zero-order valence-corrected chi connectivity index (χ0v) is 10.9.